The van der Waals surface area contributed by atoms with Crippen molar-refractivity contribution in [2.45, 2.75) is 26.2 Å². The van der Waals surface area contributed by atoms with Gasteiger partial charge in [-0.05, 0) is 19.3 Å². The maximum atomic E-state index is 10.5. The van der Waals surface area contributed by atoms with Crippen LogP contribution in [0.4, 0.5) is 4.79 Å². The first kappa shape index (κ1) is 8.37. The monoisotopic (exact) mass is 157 g/mol. The van der Waals surface area contributed by atoms with Gasteiger partial charge in [-0.15, -0.1) is 0 Å². The average Bonchev–Trinajstić information content (AvgIpc) is 2.72. The summed E-state index contributed by atoms with van der Waals surface area (Å²) in [6.07, 6.45) is 2.88. The van der Waals surface area contributed by atoms with Crippen molar-refractivity contribution in [3.8, 4) is 0 Å². The van der Waals surface area contributed by atoms with Crippen LogP contribution < -0.4 is 0 Å². The number of nitrogens with zero attached hydrogens (tertiary/aromatic N) is 1. The van der Waals surface area contributed by atoms with E-state index in [1.54, 1.807) is 0 Å². The van der Waals surface area contributed by atoms with E-state index in [0.29, 0.717) is 6.54 Å². The molecule has 0 saturated heterocycles. The van der Waals surface area contributed by atoms with E-state index < -0.39 is 6.09 Å². The van der Waals surface area contributed by atoms with Crippen LogP contribution in [0.2, 0.25) is 0 Å². The van der Waals surface area contributed by atoms with Crippen LogP contribution in [-0.4, -0.2) is 29.2 Å². The summed E-state index contributed by atoms with van der Waals surface area (Å²) < 4.78 is 0. The smallest absolute Gasteiger partial charge is 0.407 e. The Morgan fingerprint density at radius 3 is 2.64 bits per heavy atom. The van der Waals surface area contributed by atoms with Gasteiger partial charge in [-0.1, -0.05) is 12.8 Å². The van der Waals surface area contributed by atoms with Gasteiger partial charge < -0.3 is 10.0 Å². The average molecular weight is 157 g/mol. The first-order chi connectivity index (χ1) is 5.24. The van der Waals surface area contributed by atoms with E-state index in [-0.39, 0.29) is 0 Å². The van der Waals surface area contributed by atoms with Crippen LogP contribution in [0.1, 0.15) is 26.2 Å². The van der Waals surface area contributed by atoms with E-state index in [9.17, 15) is 4.79 Å². The van der Waals surface area contributed by atoms with Gasteiger partial charge in [0.05, 0.1) is 0 Å². The molecule has 0 atom stereocenters. The lowest BCUT2D eigenvalue weighted by molar-refractivity contribution is 0.146. The maximum Gasteiger partial charge on any atom is 0.407 e. The third-order valence-corrected chi connectivity index (χ3v) is 2.16. The van der Waals surface area contributed by atoms with Gasteiger partial charge in [0.15, 0.2) is 0 Å². The highest BCUT2D eigenvalue weighted by Crippen LogP contribution is 2.32. The van der Waals surface area contributed by atoms with Gasteiger partial charge in [0.1, 0.15) is 0 Å². The molecule has 0 spiro atoms. The summed E-state index contributed by atoms with van der Waals surface area (Å²) in [5, 5.41) is 8.63. The lowest BCUT2D eigenvalue weighted by Gasteiger charge is -2.15. The SMILES string of the molecule is CCN(CCC1CC1)C(=O)O. The first-order valence-corrected chi connectivity index (χ1v) is 4.22. The number of hydrogen-bond acceptors (Lipinski definition) is 1. The highest BCUT2D eigenvalue weighted by atomic mass is 16.4. The molecule has 1 aliphatic rings. The Hall–Kier alpha value is -0.730. The van der Waals surface area contributed by atoms with E-state index >= 15 is 0 Å². The summed E-state index contributed by atoms with van der Waals surface area (Å²) in [7, 11) is 0. The molecule has 1 saturated carbocycles. The zero-order chi connectivity index (χ0) is 8.27. The van der Waals surface area contributed by atoms with E-state index in [4.69, 9.17) is 5.11 Å². The summed E-state index contributed by atoms with van der Waals surface area (Å²) in [5.74, 6) is 0.823. The lowest BCUT2D eigenvalue weighted by Crippen LogP contribution is -2.30. The molecule has 1 fully saturated rings. The van der Waals surface area contributed by atoms with Crippen LogP contribution in [0.3, 0.4) is 0 Å². The van der Waals surface area contributed by atoms with Crippen LogP contribution in [0.15, 0.2) is 0 Å². The molecule has 1 N–H and O–H groups in total. The maximum absolute atomic E-state index is 10.5. The van der Waals surface area contributed by atoms with Crippen molar-refractivity contribution in [3.63, 3.8) is 0 Å². The standard InChI is InChI=1S/C8H15NO2/c1-2-9(8(10)11)6-5-7-3-4-7/h7H,2-6H2,1H3,(H,10,11). The second-order valence-corrected chi connectivity index (χ2v) is 3.09. The Labute approximate surface area is 67.0 Å². The molecule has 0 bridgehead atoms. The van der Waals surface area contributed by atoms with Crippen molar-refractivity contribution in [2.75, 3.05) is 13.1 Å². The fraction of sp³-hybridized carbons (Fsp3) is 0.875. The minimum Gasteiger partial charge on any atom is -0.465 e. The highest BCUT2D eigenvalue weighted by Gasteiger charge is 2.22. The Morgan fingerprint density at radius 1 is 1.64 bits per heavy atom. The number of carbonyl (C=O) groups is 1. The first-order valence-electron chi connectivity index (χ1n) is 4.22. The number of rotatable bonds is 4. The van der Waals surface area contributed by atoms with Crippen molar-refractivity contribution in [1.29, 1.82) is 0 Å². The molecule has 0 aliphatic heterocycles. The molecular formula is C8H15NO2. The lowest BCUT2D eigenvalue weighted by atomic mass is 10.3. The molecule has 3 nitrogen and oxygen atoms in total. The Balaban J connectivity index is 2.13. The van der Waals surface area contributed by atoms with Crippen molar-refractivity contribution < 1.29 is 9.90 Å². The zero-order valence-electron chi connectivity index (χ0n) is 6.92. The minimum atomic E-state index is -0.784. The van der Waals surface area contributed by atoms with E-state index in [0.717, 1.165) is 18.9 Å². The molecule has 1 amide bonds. The van der Waals surface area contributed by atoms with Crippen molar-refractivity contribution in [2.24, 2.45) is 5.92 Å². The molecule has 0 unspecified atom stereocenters. The molecule has 0 aromatic carbocycles. The topological polar surface area (TPSA) is 40.5 Å². The van der Waals surface area contributed by atoms with E-state index in [1.165, 1.54) is 17.7 Å². The molecule has 0 heterocycles. The summed E-state index contributed by atoms with van der Waals surface area (Å²) in [5.41, 5.74) is 0. The molecule has 1 aliphatic carbocycles. The van der Waals surface area contributed by atoms with Crippen LogP contribution in [0, 0.1) is 5.92 Å². The Morgan fingerprint density at radius 2 is 2.27 bits per heavy atom. The zero-order valence-corrected chi connectivity index (χ0v) is 6.92. The number of carboxylic acid groups (broad SMARTS) is 1. The third kappa shape index (κ3) is 2.78. The predicted octanol–water partition coefficient (Wildman–Crippen LogP) is 1.79. The molecule has 11 heavy (non-hydrogen) atoms. The van der Waals surface area contributed by atoms with E-state index in [1.807, 2.05) is 6.92 Å². The summed E-state index contributed by atoms with van der Waals surface area (Å²) >= 11 is 0. The minimum absolute atomic E-state index is 0.613. The van der Waals surface area contributed by atoms with Crippen LogP contribution in [0.25, 0.3) is 0 Å². The predicted molar refractivity (Wildman–Crippen MR) is 42.6 cm³/mol. The highest BCUT2D eigenvalue weighted by molar-refractivity contribution is 5.64. The van der Waals surface area contributed by atoms with Crippen LogP contribution >= 0.6 is 0 Å². The number of amides is 1. The molecule has 3 heteroatoms. The van der Waals surface area contributed by atoms with Crippen molar-refractivity contribution in [3.05, 3.63) is 0 Å². The Bertz CT molecular complexity index is 143. The fourth-order valence-corrected chi connectivity index (χ4v) is 1.13. The molecular weight excluding hydrogens is 142 g/mol. The van der Waals surface area contributed by atoms with Gasteiger partial charge in [-0.3, -0.25) is 0 Å². The molecule has 0 aromatic rings. The molecule has 64 valence electrons. The summed E-state index contributed by atoms with van der Waals surface area (Å²) in [4.78, 5) is 12.0. The molecule has 1 rings (SSSR count). The largest absolute Gasteiger partial charge is 0.465 e. The fourth-order valence-electron chi connectivity index (χ4n) is 1.13. The molecule has 0 aromatic heterocycles. The normalized spacial score (nSPS) is 16.5. The Kier molecular flexibility index (Phi) is 2.74. The summed E-state index contributed by atoms with van der Waals surface area (Å²) in [6, 6.07) is 0. The second kappa shape index (κ2) is 3.60. The van der Waals surface area contributed by atoms with E-state index in [2.05, 4.69) is 0 Å². The second-order valence-electron chi connectivity index (χ2n) is 3.09. The summed E-state index contributed by atoms with van der Waals surface area (Å²) in [6.45, 7) is 3.21. The van der Waals surface area contributed by atoms with Crippen LogP contribution in [-0.2, 0) is 0 Å². The quantitative estimate of drug-likeness (QED) is 0.675. The van der Waals surface area contributed by atoms with Gasteiger partial charge in [-0.25, -0.2) is 4.79 Å². The van der Waals surface area contributed by atoms with Crippen molar-refractivity contribution in [1.82, 2.24) is 4.90 Å². The number of hydrogen-bond donors (Lipinski definition) is 1. The van der Waals surface area contributed by atoms with Gasteiger partial charge in [0, 0.05) is 13.1 Å². The molecule has 0 radical (unpaired) electrons. The van der Waals surface area contributed by atoms with Gasteiger partial charge >= 0.3 is 6.09 Å². The third-order valence-electron chi connectivity index (χ3n) is 2.16. The van der Waals surface area contributed by atoms with Gasteiger partial charge in [0.2, 0.25) is 0 Å². The van der Waals surface area contributed by atoms with Crippen LogP contribution in [0.5, 0.6) is 0 Å². The van der Waals surface area contributed by atoms with Gasteiger partial charge in [0.25, 0.3) is 0 Å². The van der Waals surface area contributed by atoms with Crippen molar-refractivity contribution >= 4 is 6.09 Å². The van der Waals surface area contributed by atoms with Gasteiger partial charge in [-0.2, -0.15) is 0 Å².